The van der Waals surface area contributed by atoms with Gasteiger partial charge in [0.1, 0.15) is 5.58 Å². The van der Waals surface area contributed by atoms with E-state index in [1.54, 1.807) is 0 Å². The molecule has 1 aliphatic carbocycles. The van der Waals surface area contributed by atoms with Crippen molar-refractivity contribution >= 4 is 16.9 Å². The molecule has 94 valence electrons. The lowest BCUT2D eigenvalue weighted by molar-refractivity contribution is 0.0912. The van der Waals surface area contributed by atoms with Gasteiger partial charge < -0.3 is 9.73 Å². The molecule has 1 aromatic carbocycles. The van der Waals surface area contributed by atoms with Crippen molar-refractivity contribution in [1.82, 2.24) is 5.32 Å². The Labute approximate surface area is 106 Å². The summed E-state index contributed by atoms with van der Waals surface area (Å²) < 4.78 is 5.63. The number of carbonyl (C=O) groups is 1. The number of hydrogen-bond acceptors (Lipinski definition) is 2. The molecule has 1 fully saturated rings. The molecule has 0 bridgehead atoms. The number of rotatable bonds is 3. The van der Waals surface area contributed by atoms with Crippen LogP contribution in [0.4, 0.5) is 0 Å². The summed E-state index contributed by atoms with van der Waals surface area (Å²) in [4.78, 5) is 12.1. The predicted octanol–water partition coefficient (Wildman–Crippen LogP) is 3.27. The fourth-order valence-electron chi connectivity index (χ4n) is 2.41. The van der Waals surface area contributed by atoms with Crippen molar-refractivity contribution < 1.29 is 9.21 Å². The van der Waals surface area contributed by atoms with Gasteiger partial charge in [-0.05, 0) is 31.7 Å². The highest BCUT2D eigenvalue weighted by Gasteiger charge is 2.21. The van der Waals surface area contributed by atoms with E-state index in [1.807, 2.05) is 31.2 Å². The van der Waals surface area contributed by atoms with Gasteiger partial charge in [0.2, 0.25) is 0 Å². The monoisotopic (exact) mass is 243 g/mol. The van der Waals surface area contributed by atoms with Crippen LogP contribution in [0.2, 0.25) is 0 Å². The van der Waals surface area contributed by atoms with Crippen molar-refractivity contribution in [2.24, 2.45) is 5.92 Å². The number of fused-ring (bicyclic) bond motifs is 1. The van der Waals surface area contributed by atoms with Crippen LogP contribution in [0.25, 0.3) is 11.0 Å². The summed E-state index contributed by atoms with van der Waals surface area (Å²) >= 11 is 0. The maximum absolute atomic E-state index is 12.1. The average Bonchev–Trinajstić information content (AvgIpc) is 2.65. The lowest BCUT2D eigenvalue weighted by atomic mass is 9.85. The summed E-state index contributed by atoms with van der Waals surface area (Å²) in [5.74, 6) is 1.03. The van der Waals surface area contributed by atoms with Crippen LogP contribution < -0.4 is 5.32 Å². The fourth-order valence-corrected chi connectivity index (χ4v) is 2.41. The summed E-state index contributed by atoms with van der Waals surface area (Å²) in [6.45, 7) is 2.71. The van der Waals surface area contributed by atoms with Crippen LogP contribution in [0.3, 0.4) is 0 Å². The average molecular weight is 243 g/mol. The zero-order chi connectivity index (χ0) is 12.5. The Kier molecular flexibility index (Phi) is 2.82. The number of aryl methyl sites for hydroxylation is 1. The number of benzene rings is 1. The Bertz CT molecular complexity index is 581. The molecule has 1 heterocycles. The smallest absolute Gasteiger partial charge is 0.287 e. The highest BCUT2D eigenvalue weighted by molar-refractivity contribution is 5.98. The van der Waals surface area contributed by atoms with Crippen LogP contribution in [0.5, 0.6) is 0 Å². The van der Waals surface area contributed by atoms with Crippen LogP contribution >= 0.6 is 0 Å². The molecular formula is C15H17NO2. The Balaban J connectivity index is 1.80. The molecule has 1 aliphatic rings. The maximum atomic E-state index is 12.1. The zero-order valence-electron chi connectivity index (χ0n) is 10.5. The molecule has 2 aromatic rings. The van der Waals surface area contributed by atoms with Gasteiger partial charge in [-0.15, -0.1) is 0 Å². The molecular weight excluding hydrogens is 226 g/mol. The van der Waals surface area contributed by atoms with Gasteiger partial charge in [-0.3, -0.25) is 4.79 Å². The number of nitrogens with one attached hydrogen (secondary N) is 1. The van der Waals surface area contributed by atoms with Crippen molar-refractivity contribution in [1.29, 1.82) is 0 Å². The summed E-state index contributed by atoms with van der Waals surface area (Å²) in [6, 6.07) is 7.75. The fraction of sp³-hybridized carbons (Fsp3) is 0.400. The first-order valence-corrected chi connectivity index (χ1v) is 6.52. The number of amides is 1. The third-order valence-electron chi connectivity index (χ3n) is 3.83. The third-order valence-corrected chi connectivity index (χ3v) is 3.83. The lowest BCUT2D eigenvalue weighted by Crippen LogP contribution is -2.32. The predicted molar refractivity (Wildman–Crippen MR) is 70.6 cm³/mol. The van der Waals surface area contributed by atoms with Crippen LogP contribution in [0.1, 0.15) is 35.4 Å². The van der Waals surface area contributed by atoms with E-state index in [4.69, 9.17) is 4.42 Å². The van der Waals surface area contributed by atoms with E-state index in [0.717, 1.165) is 23.1 Å². The van der Waals surface area contributed by atoms with Gasteiger partial charge in [0.15, 0.2) is 5.76 Å². The SMILES string of the molecule is Cc1c(C(=O)NCC2CCC2)oc2ccccc12. The maximum Gasteiger partial charge on any atom is 0.287 e. The topological polar surface area (TPSA) is 42.2 Å². The Hall–Kier alpha value is -1.77. The number of hydrogen-bond donors (Lipinski definition) is 1. The first-order valence-electron chi connectivity index (χ1n) is 6.52. The van der Waals surface area contributed by atoms with E-state index in [2.05, 4.69) is 5.32 Å². The van der Waals surface area contributed by atoms with E-state index in [-0.39, 0.29) is 5.91 Å². The molecule has 1 N–H and O–H groups in total. The Morgan fingerprint density at radius 1 is 1.39 bits per heavy atom. The van der Waals surface area contributed by atoms with E-state index < -0.39 is 0 Å². The van der Waals surface area contributed by atoms with E-state index in [1.165, 1.54) is 19.3 Å². The van der Waals surface area contributed by atoms with Crippen molar-refractivity contribution in [2.75, 3.05) is 6.54 Å². The molecule has 0 unspecified atom stereocenters. The first kappa shape index (κ1) is 11.3. The first-order chi connectivity index (χ1) is 8.75. The standard InChI is InChI=1S/C15H17NO2/c1-10-12-7-2-3-8-13(12)18-14(10)15(17)16-9-11-5-4-6-11/h2-3,7-8,11H,4-6,9H2,1H3,(H,16,17). The minimum atomic E-state index is -0.0874. The van der Waals surface area contributed by atoms with E-state index >= 15 is 0 Å². The molecule has 18 heavy (non-hydrogen) atoms. The number of para-hydroxylation sites is 1. The van der Waals surface area contributed by atoms with Gasteiger partial charge in [-0.2, -0.15) is 0 Å². The lowest BCUT2D eigenvalue weighted by Gasteiger charge is -2.25. The zero-order valence-corrected chi connectivity index (χ0v) is 10.5. The second-order valence-electron chi connectivity index (χ2n) is 5.06. The molecule has 0 spiro atoms. The minimum Gasteiger partial charge on any atom is -0.451 e. The van der Waals surface area contributed by atoms with Gasteiger partial charge in [0.05, 0.1) is 0 Å². The van der Waals surface area contributed by atoms with Crippen LogP contribution in [-0.2, 0) is 0 Å². The summed E-state index contributed by atoms with van der Waals surface area (Å²) in [7, 11) is 0. The molecule has 0 atom stereocenters. The van der Waals surface area contributed by atoms with E-state index in [0.29, 0.717) is 11.7 Å². The van der Waals surface area contributed by atoms with Crippen molar-refractivity contribution in [2.45, 2.75) is 26.2 Å². The molecule has 1 aromatic heterocycles. The summed E-state index contributed by atoms with van der Waals surface area (Å²) in [5.41, 5.74) is 1.71. The van der Waals surface area contributed by atoms with Crippen molar-refractivity contribution in [3.05, 3.63) is 35.6 Å². The Morgan fingerprint density at radius 2 is 2.17 bits per heavy atom. The van der Waals surface area contributed by atoms with Crippen LogP contribution in [-0.4, -0.2) is 12.5 Å². The molecule has 1 amide bonds. The number of furan rings is 1. The summed E-state index contributed by atoms with van der Waals surface area (Å²) in [6.07, 6.45) is 3.77. The van der Waals surface area contributed by atoms with Crippen molar-refractivity contribution in [3.63, 3.8) is 0 Å². The molecule has 3 rings (SSSR count). The number of carbonyl (C=O) groups excluding carboxylic acids is 1. The summed E-state index contributed by atoms with van der Waals surface area (Å²) in [5, 5.41) is 3.99. The normalized spacial score (nSPS) is 15.6. The molecule has 0 radical (unpaired) electrons. The Morgan fingerprint density at radius 3 is 2.83 bits per heavy atom. The second-order valence-corrected chi connectivity index (χ2v) is 5.06. The largest absolute Gasteiger partial charge is 0.451 e. The van der Waals surface area contributed by atoms with Crippen molar-refractivity contribution in [3.8, 4) is 0 Å². The van der Waals surface area contributed by atoms with Gasteiger partial charge in [-0.25, -0.2) is 0 Å². The van der Waals surface area contributed by atoms with Crippen LogP contribution in [0, 0.1) is 12.8 Å². The minimum absolute atomic E-state index is 0.0874. The molecule has 3 heteroatoms. The van der Waals surface area contributed by atoms with Gasteiger partial charge in [-0.1, -0.05) is 24.6 Å². The third kappa shape index (κ3) is 1.90. The van der Waals surface area contributed by atoms with Gasteiger partial charge in [0, 0.05) is 17.5 Å². The second kappa shape index (κ2) is 4.48. The highest BCUT2D eigenvalue weighted by atomic mass is 16.3. The molecule has 0 aliphatic heterocycles. The highest BCUT2D eigenvalue weighted by Crippen LogP contribution is 2.27. The molecule has 1 saturated carbocycles. The molecule has 3 nitrogen and oxygen atoms in total. The quantitative estimate of drug-likeness (QED) is 0.899. The van der Waals surface area contributed by atoms with Gasteiger partial charge in [0.25, 0.3) is 5.91 Å². The van der Waals surface area contributed by atoms with Crippen LogP contribution in [0.15, 0.2) is 28.7 Å². The molecule has 0 saturated heterocycles. The van der Waals surface area contributed by atoms with E-state index in [9.17, 15) is 4.79 Å². The van der Waals surface area contributed by atoms with Gasteiger partial charge >= 0.3 is 0 Å².